The van der Waals surface area contributed by atoms with E-state index in [4.69, 9.17) is 0 Å². The third kappa shape index (κ3) is 3.75. The van der Waals surface area contributed by atoms with Crippen molar-refractivity contribution < 1.29 is 0 Å². The number of hydrogen-bond acceptors (Lipinski definition) is 0. The van der Waals surface area contributed by atoms with Gasteiger partial charge >= 0.3 is 0 Å². The molecular weight excluding hydrogens is 532 g/mol. The van der Waals surface area contributed by atoms with Crippen LogP contribution in [0.3, 0.4) is 0 Å². The Kier molecular flexibility index (Phi) is 5.54. The summed E-state index contributed by atoms with van der Waals surface area (Å²) in [5.74, 6) is 0. The van der Waals surface area contributed by atoms with Gasteiger partial charge in [0.1, 0.15) is 0 Å². The first-order valence-electron chi connectivity index (χ1n) is 15.1. The predicted molar refractivity (Wildman–Crippen MR) is 186 cm³/mol. The summed E-state index contributed by atoms with van der Waals surface area (Å²) in [7, 11) is 0. The average molecular weight is 561 g/mol. The lowest BCUT2D eigenvalue weighted by molar-refractivity contribution is 1.15. The zero-order valence-electron chi connectivity index (χ0n) is 24.1. The van der Waals surface area contributed by atoms with Gasteiger partial charge in [0.2, 0.25) is 0 Å². The van der Waals surface area contributed by atoms with Gasteiger partial charge in [-0.25, -0.2) is 0 Å². The lowest BCUT2D eigenvalue weighted by atomic mass is 9.99. The molecule has 7 aromatic carbocycles. The highest BCUT2D eigenvalue weighted by atomic mass is 15.0. The summed E-state index contributed by atoms with van der Waals surface area (Å²) in [6, 6.07) is 61.3. The van der Waals surface area contributed by atoms with Crippen LogP contribution >= 0.6 is 0 Å². The smallest absolute Gasteiger partial charge is 0.0788 e. The van der Waals surface area contributed by atoms with Crippen LogP contribution in [0.15, 0.2) is 170 Å². The minimum atomic E-state index is 1.15. The molecule has 0 N–H and O–H groups in total. The van der Waals surface area contributed by atoms with Gasteiger partial charge in [0.05, 0.1) is 22.1 Å². The van der Waals surface area contributed by atoms with Crippen molar-refractivity contribution in [3.05, 3.63) is 170 Å². The Morgan fingerprint density at radius 2 is 0.705 bits per heavy atom. The molecule has 0 aliphatic rings. The highest BCUT2D eigenvalue weighted by Crippen LogP contribution is 2.41. The molecule has 0 atom stereocenters. The van der Waals surface area contributed by atoms with Gasteiger partial charge in [0, 0.05) is 32.9 Å². The maximum absolute atomic E-state index is 2.45. The van der Waals surface area contributed by atoms with Crippen LogP contribution in [-0.2, 0) is 0 Å². The zero-order valence-corrected chi connectivity index (χ0v) is 24.1. The molecule has 0 saturated carbocycles. The van der Waals surface area contributed by atoms with E-state index >= 15 is 0 Å². The predicted octanol–water partition coefficient (Wildman–Crippen LogP) is 11.2. The van der Waals surface area contributed by atoms with Crippen molar-refractivity contribution in [2.45, 2.75) is 0 Å². The largest absolute Gasteiger partial charge is 0.307 e. The summed E-state index contributed by atoms with van der Waals surface area (Å²) >= 11 is 0. The van der Waals surface area contributed by atoms with Crippen LogP contribution < -0.4 is 0 Å². The van der Waals surface area contributed by atoms with Crippen molar-refractivity contribution in [2.24, 2.45) is 0 Å². The van der Waals surface area contributed by atoms with Crippen LogP contribution in [0, 0.1) is 0 Å². The molecule has 9 rings (SSSR count). The molecular formula is C42H28N2. The first-order valence-corrected chi connectivity index (χ1v) is 15.1. The first-order chi connectivity index (χ1) is 21.8. The molecule has 0 aliphatic carbocycles. The van der Waals surface area contributed by atoms with Crippen molar-refractivity contribution in [1.29, 1.82) is 0 Å². The second-order valence-corrected chi connectivity index (χ2v) is 11.4. The molecule has 0 radical (unpaired) electrons. The van der Waals surface area contributed by atoms with E-state index in [9.17, 15) is 0 Å². The van der Waals surface area contributed by atoms with Crippen LogP contribution in [0.4, 0.5) is 0 Å². The lowest BCUT2D eigenvalue weighted by Gasteiger charge is -2.13. The van der Waals surface area contributed by atoms with E-state index < -0.39 is 0 Å². The van der Waals surface area contributed by atoms with Crippen LogP contribution in [0.2, 0.25) is 0 Å². The number of aromatic nitrogens is 2. The van der Waals surface area contributed by atoms with E-state index in [0.29, 0.717) is 0 Å². The van der Waals surface area contributed by atoms with Gasteiger partial charge in [-0.1, -0.05) is 127 Å². The van der Waals surface area contributed by atoms with Gasteiger partial charge in [-0.2, -0.15) is 0 Å². The Morgan fingerprint density at radius 3 is 1.27 bits per heavy atom. The van der Waals surface area contributed by atoms with Gasteiger partial charge in [-0.15, -0.1) is 0 Å². The molecule has 2 heterocycles. The SMILES string of the molecule is c1ccc(-c2cccc(-c3ccc(-n4c5ccccc5c5ccc6c7ccccc7n(-c7ccccc7)c6c54)cc3)c2)cc1. The number of nitrogens with zero attached hydrogens (tertiary/aromatic N) is 2. The summed E-state index contributed by atoms with van der Waals surface area (Å²) in [4.78, 5) is 0. The minimum absolute atomic E-state index is 1.15. The molecule has 0 aliphatic heterocycles. The second-order valence-electron chi connectivity index (χ2n) is 11.4. The fourth-order valence-electron chi connectivity index (χ4n) is 6.93. The van der Waals surface area contributed by atoms with E-state index in [-0.39, 0.29) is 0 Å². The Balaban J connectivity index is 1.30. The van der Waals surface area contributed by atoms with Crippen LogP contribution in [0.25, 0.3) is 77.2 Å². The van der Waals surface area contributed by atoms with E-state index in [1.54, 1.807) is 0 Å². The molecule has 0 saturated heterocycles. The van der Waals surface area contributed by atoms with Crippen molar-refractivity contribution in [2.75, 3.05) is 0 Å². The number of rotatable bonds is 4. The van der Waals surface area contributed by atoms with Gasteiger partial charge in [-0.05, 0) is 64.7 Å². The van der Waals surface area contributed by atoms with Crippen molar-refractivity contribution >= 4 is 43.6 Å². The maximum Gasteiger partial charge on any atom is 0.0788 e. The second kappa shape index (κ2) is 9.86. The molecule has 0 spiro atoms. The fourth-order valence-corrected chi connectivity index (χ4v) is 6.93. The number of hydrogen-bond donors (Lipinski definition) is 0. The summed E-state index contributed by atoms with van der Waals surface area (Å²) in [6.45, 7) is 0. The molecule has 2 aromatic heterocycles. The molecule has 9 aromatic rings. The highest BCUT2D eigenvalue weighted by Gasteiger charge is 2.20. The summed E-state index contributed by atoms with van der Waals surface area (Å²) in [5, 5.41) is 5.04. The Hall–Kier alpha value is -5.86. The van der Waals surface area contributed by atoms with Crippen molar-refractivity contribution in [1.82, 2.24) is 9.13 Å². The Morgan fingerprint density at radius 1 is 0.273 bits per heavy atom. The van der Waals surface area contributed by atoms with Gasteiger partial charge in [-0.3, -0.25) is 0 Å². The quantitative estimate of drug-likeness (QED) is 0.203. The number of fused-ring (bicyclic) bond motifs is 7. The molecule has 206 valence electrons. The third-order valence-corrected chi connectivity index (χ3v) is 8.91. The normalized spacial score (nSPS) is 11.6. The van der Waals surface area contributed by atoms with E-state index in [0.717, 1.165) is 11.4 Å². The van der Waals surface area contributed by atoms with Gasteiger partial charge in [0.25, 0.3) is 0 Å². The zero-order chi connectivity index (χ0) is 29.0. The van der Waals surface area contributed by atoms with E-state index in [2.05, 4.69) is 179 Å². The summed E-state index contributed by atoms with van der Waals surface area (Å²) in [5.41, 5.74) is 12.1. The molecule has 0 amide bonds. The number of benzene rings is 7. The summed E-state index contributed by atoms with van der Waals surface area (Å²) in [6.07, 6.45) is 0. The monoisotopic (exact) mass is 560 g/mol. The van der Waals surface area contributed by atoms with Crippen LogP contribution in [-0.4, -0.2) is 9.13 Å². The highest BCUT2D eigenvalue weighted by molar-refractivity contribution is 6.23. The third-order valence-electron chi connectivity index (χ3n) is 8.91. The van der Waals surface area contributed by atoms with E-state index in [1.807, 2.05) is 0 Å². The lowest BCUT2D eigenvalue weighted by Crippen LogP contribution is -1.98. The Labute approximate surface area is 255 Å². The van der Waals surface area contributed by atoms with Crippen molar-refractivity contribution in [3.63, 3.8) is 0 Å². The van der Waals surface area contributed by atoms with E-state index in [1.165, 1.54) is 65.9 Å². The maximum atomic E-state index is 2.45. The van der Waals surface area contributed by atoms with Crippen molar-refractivity contribution in [3.8, 4) is 33.6 Å². The first kappa shape index (κ1) is 24.7. The standard InChI is InChI=1S/C42H28N2/c1-3-12-29(13-4-1)31-14-11-15-32(28-31)30-22-24-34(25-23-30)44-40-21-10-8-19-36(40)38-27-26-37-35-18-7-9-20-39(35)43(41(37)42(38)44)33-16-5-2-6-17-33/h1-28H. The summed E-state index contributed by atoms with van der Waals surface area (Å²) < 4.78 is 4.89. The number of para-hydroxylation sites is 3. The molecule has 44 heavy (non-hydrogen) atoms. The fraction of sp³-hybridized carbons (Fsp3) is 0. The average Bonchev–Trinajstić information content (AvgIpc) is 3.62. The molecule has 0 fully saturated rings. The minimum Gasteiger partial charge on any atom is -0.307 e. The van der Waals surface area contributed by atoms with Crippen LogP contribution in [0.5, 0.6) is 0 Å². The molecule has 0 unspecified atom stereocenters. The Bertz CT molecular complexity index is 2460. The molecule has 2 heteroatoms. The topological polar surface area (TPSA) is 9.86 Å². The van der Waals surface area contributed by atoms with Gasteiger partial charge < -0.3 is 9.13 Å². The molecule has 2 nitrogen and oxygen atoms in total. The van der Waals surface area contributed by atoms with Gasteiger partial charge in [0.15, 0.2) is 0 Å². The van der Waals surface area contributed by atoms with Crippen LogP contribution in [0.1, 0.15) is 0 Å². The molecule has 0 bridgehead atoms.